The van der Waals surface area contributed by atoms with Crippen molar-refractivity contribution in [1.82, 2.24) is 10.3 Å². The van der Waals surface area contributed by atoms with Crippen LogP contribution in [0.2, 0.25) is 0 Å². The number of nitrogen functional groups attached to an aromatic ring is 1. The third kappa shape index (κ3) is 8.61. The molecule has 0 aliphatic carbocycles. The van der Waals surface area contributed by atoms with Crippen LogP contribution in [-0.4, -0.2) is 68.1 Å². The molecule has 1 atom stereocenters. The number of methoxy groups -OCH3 is 1. The van der Waals surface area contributed by atoms with E-state index in [4.69, 9.17) is 15.9 Å². The molecule has 0 spiro atoms. The topological polar surface area (TPSA) is 211 Å². The fourth-order valence-electron chi connectivity index (χ4n) is 4.23. The van der Waals surface area contributed by atoms with Gasteiger partial charge in [0.1, 0.15) is 11.5 Å². The second kappa shape index (κ2) is 13.7. The quantitative estimate of drug-likeness (QED) is 0.119. The van der Waals surface area contributed by atoms with Crippen LogP contribution in [0.25, 0.3) is 11.1 Å². The first kappa shape index (κ1) is 33.7. The number of amides is 2. The normalized spacial score (nSPS) is 12.1. The SMILES string of the molecule is COc1ccc(-c2ccc(C(=O)N[C@@H](CCO)C(C)(C)C)cc2C(=O)OS(C)(=O)=O)c(C(=O)Nc2ccc(C(=N)N)cc2)n1. The third-order valence-corrected chi connectivity index (χ3v) is 6.99. The van der Waals surface area contributed by atoms with Crippen LogP contribution in [0, 0.1) is 10.8 Å². The molecule has 0 saturated heterocycles. The van der Waals surface area contributed by atoms with Gasteiger partial charge in [0.15, 0.2) is 0 Å². The Kier molecular flexibility index (Phi) is 10.4. The predicted octanol–water partition coefficient (Wildman–Crippen LogP) is 2.94. The van der Waals surface area contributed by atoms with Gasteiger partial charge in [-0.15, -0.1) is 0 Å². The van der Waals surface area contributed by atoms with Gasteiger partial charge in [0, 0.05) is 41.1 Å². The minimum absolute atomic E-state index is 0.0134. The van der Waals surface area contributed by atoms with Gasteiger partial charge in [-0.1, -0.05) is 26.8 Å². The maximum Gasteiger partial charge on any atom is 0.354 e. The Hall–Kier alpha value is -4.82. The summed E-state index contributed by atoms with van der Waals surface area (Å²) in [6.07, 6.45) is 0.985. The maximum atomic E-state index is 13.5. The number of hydrogen-bond donors (Lipinski definition) is 5. The molecule has 1 heterocycles. The average molecular weight is 626 g/mol. The van der Waals surface area contributed by atoms with Gasteiger partial charge < -0.3 is 30.4 Å². The van der Waals surface area contributed by atoms with E-state index in [0.717, 1.165) is 0 Å². The van der Waals surface area contributed by atoms with E-state index in [1.807, 2.05) is 20.8 Å². The number of rotatable bonds is 11. The van der Waals surface area contributed by atoms with Gasteiger partial charge in [-0.2, -0.15) is 8.42 Å². The summed E-state index contributed by atoms with van der Waals surface area (Å²) in [6.45, 7) is 5.52. The van der Waals surface area contributed by atoms with Crippen LogP contribution in [0.3, 0.4) is 0 Å². The molecule has 3 rings (SSSR count). The minimum Gasteiger partial charge on any atom is -0.481 e. The van der Waals surface area contributed by atoms with Gasteiger partial charge in [-0.25, -0.2) is 9.78 Å². The second-order valence-electron chi connectivity index (χ2n) is 10.9. The number of hydrogen-bond acceptors (Lipinski definition) is 10. The molecule has 0 aliphatic rings. The molecule has 44 heavy (non-hydrogen) atoms. The number of anilines is 1. The van der Waals surface area contributed by atoms with Crippen LogP contribution >= 0.6 is 0 Å². The average Bonchev–Trinajstić information content (AvgIpc) is 2.95. The number of aliphatic hydroxyl groups excluding tert-OH is 1. The summed E-state index contributed by atoms with van der Waals surface area (Å²) in [6, 6.07) is 12.6. The molecule has 0 fully saturated rings. The molecule has 6 N–H and O–H groups in total. The van der Waals surface area contributed by atoms with Gasteiger partial charge in [0.05, 0.1) is 18.9 Å². The number of pyridine rings is 1. The molecule has 0 saturated carbocycles. The van der Waals surface area contributed by atoms with Crippen molar-refractivity contribution in [1.29, 1.82) is 5.41 Å². The molecule has 0 radical (unpaired) electrons. The molecule has 0 unspecified atom stereocenters. The zero-order chi connectivity index (χ0) is 32.8. The summed E-state index contributed by atoms with van der Waals surface area (Å²) in [5, 5.41) is 22.5. The van der Waals surface area contributed by atoms with Gasteiger partial charge in [-0.3, -0.25) is 15.0 Å². The molecule has 13 nitrogen and oxygen atoms in total. The van der Waals surface area contributed by atoms with Gasteiger partial charge in [0.25, 0.3) is 11.8 Å². The molecule has 2 aromatic carbocycles. The molecule has 1 aromatic heterocycles. The highest BCUT2D eigenvalue weighted by Gasteiger charge is 2.28. The highest BCUT2D eigenvalue weighted by atomic mass is 32.2. The zero-order valence-corrected chi connectivity index (χ0v) is 25.7. The number of nitrogens with two attached hydrogens (primary N) is 1. The number of aliphatic hydroxyl groups is 1. The minimum atomic E-state index is -4.25. The Morgan fingerprint density at radius 2 is 1.61 bits per heavy atom. The van der Waals surface area contributed by atoms with Crippen molar-refractivity contribution in [2.24, 2.45) is 11.1 Å². The van der Waals surface area contributed by atoms with E-state index in [-0.39, 0.29) is 52.7 Å². The summed E-state index contributed by atoms with van der Waals surface area (Å²) in [7, 11) is -2.90. The van der Waals surface area contributed by atoms with E-state index in [1.165, 1.54) is 37.4 Å². The highest BCUT2D eigenvalue weighted by Crippen LogP contribution is 2.31. The van der Waals surface area contributed by atoms with Crippen molar-refractivity contribution in [3.8, 4) is 17.0 Å². The summed E-state index contributed by atoms with van der Waals surface area (Å²) in [4.78, 5) is 44.1. The van der Waals surface area contributed by atoms with E-state index in [9.17, 15) is 27.9 Å². The standard InChI is InChI=1S/C30H35N5O8S/c1-30(2,3)23(14-15-36)34-27(37)18-8-11-20(22(16-18)29(39)43-44(5,40)41)21-12-13-24(42-4)35-25(21)28(38)33-19-9-6-17(7-10-19)26(31)32/h6-13,16,23,36H,14-15H2,1-5H3,(H3,31,32)(H,33,38)(H,34,37)/t23-/m0/s1. The van der Waals surface area contributed by atoms with Crippen LogP contribution in [0.15, 0.2) is 54.6 Å². The van der Waals surface area contributed by atoms with Crippen molar-refractivity contribution in [3.63, 3.8) is 0 Å². The van der Waals surface area contributed by atoms with E-state index >= 15 is 0 Å². The zero-order valence-electron chi connectivity index (χ0n) is 24.9. The van der Waals surface area contributed by atoms with E-state index in [0.29, 0.717) is 17.5 Å². The molecule has 0 bridgehead atoms. The lowest BCUT2D eigenvalue weighted by atomic mass is 9.84. The molecule has 14 heteroatoms. The summed E-state index contributed by atoms with van der Waals surface area (Å²) >= 11 is 0. The van der Waals surface area contributed by atoms with Crippen LogP contribution in [0.5, 0.6) is 5.88 Å². The molecule has 3 aromatic rings. The van der Waals surface area contributed by atoms with Gasteiger partial charge in [0.2, 0.25) is 5.88 Å². The first-order valence-electron chi connectivity index (χ1n) is 13.3. The molecular formula is C30H35N5O8S. The first-order chi connectivity index (χ1) is 20.5. The van der Waals surface area contributed by atoms with E-state index in [2.05, 4.69) is 19.8 Å². The van der Waals surface area contributed by atoms with Gasteiger partial charge >= 0.3 is 16.1 Å². The van der Waals surface area contributed by atoms with Gasteiger partial charge in [-0.05, 0) is 59.9 Å². The Bertz CT molecular complexity index is 1680. The van der Waals surface area contributed by atoms with Crippen molar-refractivity contribution >= 4 is 39.4 Å². The number of nitrogens with zero attached hydrogens (tertiary/aromatic N) is 1. The van der Waals surface area contributed by atoms with Crippen molar-refractivity contribution < 1.29 is 36.8 Å². The summed E-state index contributed by atoms with van der Waals surface area (Å²) in [5.41, 5.74) is 5.59. The lowest BCUT2D eigenvalue weighted by Gasteiger charge is -2.31. The predicted molar refractivity (Wildman–Crippen MR) is 164 cm³/mol. The maximum absolute atomic E-state index is 13.5. The second-order valence-corrected chi connectivity index (χ2v) is 12.5. The van der Waals surface area contributed by atoms with Crippen LogP contribution < -0.4 is 21.1 Å². The van der Waals surface area contributed by atoms with Crippen molar-refractivity contribution in [3.05, 3.63) is 77.0 Å². The van der Waals surface area contributed by atoms with E-state index < -0.39 is 39.4 Å². The van der Waals surface area contributed by atoms with Crippen LogP contribution in [0.4, 0.5) is 5.69 Å². The lowest BCUT2D eigenvalue weighted by Crippen LogP contribution is -2.44. The summed E-state index contributed by atoms with van der Waals surface area (Å²) < 4.78 is 33.6. The number of amidine groups is 1. The smallest absolute Gasteiger partial charge is 0.354 e. The molecule has 2 amide bonds. The molecule has 0 aliphatic heterocycles. The lowest BCUT2D eigenvalue weighted by molar-refractivity contribution is 0.0748. The van der Waals surface area contributed by atoms with E-state index in [1.54, 1.807) is 24.3 Å². The van der Waals surface area contributed by atoms with Crippen molar-refractivity contribution in [2.75, 3.05) is 25.3 Å². The first-order valence-corrected chi connectivity index (χ1v) is 15.2. The third-order valence-electron chi connectivity index (χ3n) is 6.54. The van der Waals surface area contributed by atoms with Crippen molar-refractivity contribution in [2.45, 2.75) is 33.2 Å². The summed E-state index contributed by atoms with van der Waals surface area (Å²) in [5.74, 6) is -2.61. The number of carbonyl (C=O) groups excluding carboxylic acids is 3. The Morgan fingerprint density at radius 3 is 2.16 bits per heavy atom. The molecular weight excluding hydrogens is 590 g/mol. The monoisotopic (exact) mass is 625 g/mol. The number of ether oxygens (including phenoxy) is 1. The Labute approximate surface area is 255 Å². The number of nitrogens with one attached hydrogen (secondary N) is 3. The fraction of sp³-hybridized carbons (Fsp3) is 0.300. The Balaban J connectivity index is 2.12. The van der Waals surface area contributed by atoms with Crippen LogP contribution in [-0.2, 0) is 14.3 Å². The fourth-order valence-corrected chi connectivity index (χ4v) is 4.60. The number of aromatic nitrogens is 1. The molecule has 234 valence electrons. The number of benzene rings is 2. The number of carbonyl (C=O) groups is 3. The highest BCUT2D eigenvalue weighted by molar-refractivity contribution is 7.86. The van der Waals surface area contributed by atoms with Crippen LogP contribution in [0.1, 0.15) is 64.0 Å². The Morgan fingerprint density at radius 1 is 1.00 bits per heavy atom. The largest absolute Gasteiger partial charge is 0.481 e.